The number of ether oxygens (including phenoxy) is 2. The summed E-state index contributed by atoms with van der Waals surface area (Å²) in [5.74, 6) is -0.251. The van der Waals surface area contributed by atoms with Crippen molar-refractivity contribution >= 4 is 11.8 Å². The Balaban J connectivity index is 2.13. The summed E-state index contributed by atoms with van der Waals surface area (Å²) in [6.07, 6.45) is -0.0626. The Morgan fingerprint density at radius 3 is 2.55 bits per heavy atom. The number of carbonyl (C=O) groups is 2. The van der Waals surface area contributed by atoms with Gasteiger partial charge in [-0.1, -0.05) is 42.5 Å². The molecule has 4 nitrogen and oxygen atoms in total. The van der Waals surface area contributed by atoms with Crippen LogP contribution in [0.2, 0.25) is 0 Å². The van der Waals surface area contributed by atoms with Gasteiger partial charge >= 0.3 is 5.97 Å². The second-order valence-corrected chi connectivity index (χ2v) is 5.11. The van der Waals surface area contributed by atoms with Gasteiger partial charge in [-0.05, 0) is 19.1 Å². The minimum absolute atomic E-state index is 0.0626. The Morgan fingerprint density at radius 1 is 1.14 bits per heavy atom. The molecule has 1 atom stereocenters. The highest BCUT2D eigenvalue weighted by molar-refractivity contribution is 6.04. The lowest BCUT2D eigenvalue weighted by Gasteiger charge is -2.35. The number of fused-ring (bicyclic) bond motifs is 1. The molecule has 0 spiro atoms. The zero-order valence-electron chi connectivity index (χ0n) is 12.2. The summed E-state index contributed by atoms with van der Waals surface area (Å²) < 4.78 is 11.2. The van der Waals surface area contributed by atoms with Crippen molar-refractivity contribution in [3.63, 3.8) is 0 Å². The maximum atomic E-state index is 12.6. The zero-order valence-corrected chi connectivity index (χ0v) is 12.2. The van der Waals surface area contributed by atoms with Gasteiger partial charge in [0.25, 0.3) is 0 Å². The molecule has 0 radical (unpaired) electrons. The first-order valence-electron chi connectivity index (χ1n) is 7.21. The third kappa shape index (κ3) is 2.26. The topological polar surface area (TPSA) is 52.6 Å². The van der Waals surface area contributed by atoms with Gasteiger partial charge < -0.3 is 9.47 Å². The lowest BCUT2D eigenvalue weighted by Crippen LogP contribution is -2.47. The van der Waals surface area contributed by atoms with Crippen molar-refractivity contribution in [1.29, 1.82) is 0 Å². The molecule has 0 aromatic heterocycles. The van der Waals surface area contributed by atoms with E-state index in [0.29, 0.717) is 16.9 Å². The van der Waals surface area contributed by atoms with Crippen molar-refractivity contribution in [2.24, 2.45) is 0 Å². The van der Waals surface area contributed by atoms with Crippen LogP contribution in [0.4, 0.5) is 0 Å². The van der Waals surface area contributed by atoms with Crippen molar-refractivity contribution in [2.75, 3.05) is 6.61 Å². The van der Waals surface area contributed by atoms with Crippen LogP contribution >= 0.6 is 0 Å². The lowest BCUT2D eigenvalue weighted by molar-refractivity contribution is -0.163. The summed E-state index contributed by atoms with van der Waals surface area (Å²) >= 11 is 0. The summed E-state index contributed by atoms with van der Waals surface area (Å²) in [6, 6.07) is 16.0. The van der Waals surface area contributed by atoms with Gasteiger partial charge in [-0.25, -0.2) is 4.79 Å². The fourth-order valence-corrected chi connectivity index (χ4v) is 2.68. The quantitative estimate of drug-likeness (QED) is 0.817. The zero-order chi connectivity index (χ0) is 15.6. The average molecular weight is 296 g/mol. The Morgan fingerprint density at radius 2 is 1.82 bits per heavy atom. The van der Waals surface area contributed by atoms with E-state index in [1.54, 1.807) is 43.3 Å². The van der Waals surface area contributed by atoms with Gasteiger partial charge in [-0.2, -0.15) is 0 Å². The van der Waals surface area contributed by atoms with Crippen molar-refractivity contribution < 1.29 is 19.1 Å². The fourth-order valence-electron chi connectivity index (χ4n) is 2.68. The van der Waals surface area contributed by atoms with Crippen LogP contribution in [0, 0.1) is 0 Å². The van der Waals surface area contributed by atoms with Crippen molar-refractivity contribution in [3.8, 4) is 5.75 Å². The first kappa shape index (κ1) is 14.3. The molecule has 2 aromatic carbocycles. The number of para-hydroxylation sites is 1. The normalized spacial score (nSPS) is 20.0. The van der Waals surface area contributed by atoms with E-state index in [4.69, 9.17) is 9.47 Å². The predicted molar refractivity (Wildman–Crippen MR) is 80.8 cm³/mol. The van der Waals surface area contributed by atoms with E-state index in [1.807, 2.05) is 18.2 Å². The molecule has 0 bridgehead atoms. The summed E-state index contributed by atoms with van der Waals surface area (Å²) in [4.78, 5) is 25.1. The average Bonchev–Trinajstić information content (AvgIpc) is 2.56. The summed E-state index contributed by atoms with van der Waals surface area (Å²) in [7, 11) is 0. The smallest absolute Gasteiger partial charge is 0.355 e. The predicted octanol–water partition coefficient (Wildman–Crippen LogP) is 3.11. The van der Waals surface area contributed by atoms with Crippen LogP contribution < -0.4 is 4.74 Å². The minimum atomic E-state index is -1.41. The number of hydrogen-bond acceptors (Lipinski definition) is 4. The molecule has 0 fully saturated rings. The van der Waals surface area contributed by atoms with Crippen LogP contribution in [0.15, 0.2) is 54.6 Å². The second kappa shape index (κ2) is 5.64. The second-order valence-electron chi connectivity index (χ2n) is 5.11. The maximum absolute atomic E-state index is 12.6. The van der Waals surface area contributed by atoms with Gasteiger partial charge in [0.05, 0.1) is 18.6 Å². The molecule has 1 aliphatic rings. The van der Waals surface area contributed by atoms with Gasteiger partial charge in [0.1, 0.15) is 5.75 Å². The molecule has 3 rings (SSSR count). The molecule has 112 valence electrons. The molecular formula is C18H16O4. The minimum Gasteiger partial charge on any atom is -0.469 e. The Kier molecular flexibility index (Phi) is 3.67. The van der Waals surface area contributed by atoms with Crippen LogP contribution in [0.3, 0.4) is 0 Å². The molecule has 0 saturated carbocycles. The highest BCUT2D eigenvalue weighted by atomic mass is 16.6. The number of ketones is 1. The standard InChI is InChI=1S/C18H16O4/c1-2-21-17(20)18(13-8-4-3-5-9-13)12-15(19)14-10-6-7-11-16(14)22-18/h3-11H,2,12H2,1H3. The molecule has 0 N–H and O–H groups in total. The largest absolute Gasteiger partial charge is 0.469 e. The SMILES string of the molecule is CCOC(=O)C1(c2ccccc2)CC(=O)c2ccccc2O1. The molecule has 2 aromatic rings. The Hall–Kier alpha value is -2.62. The van der Waals surface area contributed by atoms with E-state index in [9.17, 15) is 9.59 Å². The molecule has 0 saturated heterocycles. The van der Waals surface area contributed by atoms with Crippen LogP contribution in [-0.4, -0.2) is 18.4 Å². The first-order valence-corrected chi connectivity index (χ1v) is 7.21. The summed E-state index contributed by atoms with van der Waals surface area (Å²) in [5.41, 5.74) is -0.294. The maximum Gasteiger partial charge on any atom is 0.355 e. The van der Waals surface area contributed by atoms with E-state index >= 15 is 0 Å². The van der Waals surface area contributed by atoms with E-state index in [-0.39, 0.29) is 18.8 Å². The molecule has 22 heavy (non-hydrogen) atoms. The summed E-state index contributed by atoms with van der Waals surface area (Å²) in [6.45, 7) is 1.96. The van der Waals surface area contributed by atoms with Gasteiger partial charge in [0.15, 0.2) is 5.78 Å². The molecule has 1 heterocycles. The molecule has 0 aliphatic carbocycles. The van der Waals surface area contributed by atoms with Crippen molar-refractivity contribution in [1.82, 2.24) is 0 Å². The lowest BCUT2D eigenvalue weighted by atomic mass is 9.84. The number of benzene rings is 2. The highest BCUT2D eigenvalue weighted by Gasteiger charge is 2.49. The van der Waals surface area contributed by atoms with Crippen LogP contribution in [0.25, 0.3) is 0 Å². The third-order valence-electron chi connectivity index (χ3n) is 3.73. The fraction of sp³-hybridized carbons (Fsp3) is 0.222. The summed E-state index contributed by atoms with van der Waals surface area (Å²) in [5, 5.41) is 0. The highest BCUT2D eigenvalue weighted by Crippen LogP contribution is 2.40. The van der Waals surface area contributed by atoms with Gasteiger partial charge in [0, 0.05) is 5.56 Å². The number of rotatable bonds is 3. The first-order chi connectivity index (χ1) is 10.7. The molecule has 0 amide bonds. The van der Waals surface area contributed by atoms with E-state index in [2.05, 4.69) is 0 Å². The molecule has 4 heteroatoms. The number of carbonyl (C=O) groups excluding carboxylic acids is 2. The van der Waals surface area contributed by atoms with E-state index in [0.717, 1.165) is 0 Å². The number of Topliss-reactive ketones (excluding diaryl/α,β-unsaturated/α-hetero) is 1. The molecule has 1 unspecified atom stereocenters. The van der Waals surface area contributed by atoms with Crippen LogP contribution in [0.1, 0.15) is 29.3 Å². The van der Waals surface area contributed by atoms with Gasteiger partial charge in [0.2, 0.25) is 5.60 Å². The number of hydrogen-bond donors (Lipinski definition) is 0. The van der Waals surface area contributed by atoms with Crippen molar-refractivity contribution in [2.45, 2.75) is 18.9 Å². The Bertz CT molecular complexity index is 708. The Labute approximate surface area is 128 Å². The van der Waals surface area contributed by atoms with E-state index in [1.165, 1.54) is 0 Å². The van der Waals surface area contributed by atoms with Crippen LogP contribution in [0.5, 0.6) is 5.75 Å². The number of esters is 1. The monoisotopic (exact) mass is 296 g/mol. The van der Waals surface area contributed by atoms with Gasteiger partial charge in [-0.3, -0.25) is 4.79 Å². The van der Waals surface area contributed by atoms with E-state index < -0.39 is 11.6 Å². The third-order valence-corrected chi connectivity index (χ3v) is 3.73. The van der Waals surface area contributed by atoms with Gasteiger partial charge in [-0.15, -0.1) is 0 Å². The van der Waals surface area contributed by atoms with Crippen LogP contribution in [-0.2, 0) is 15.1 Å². The molecule has 1 aliphatic heterocycles. The molecular weight excluding hydrogens is 280 g/mol. The van der Waals surface area contributed by atoms with Crippen molar-refractivity contribution in [3.05, 3.63) is 65.7 Å².